The Kier molecular flexibility index (Phi) is 24.6. The molecule has 0 rings (SSSR count). The molecule has 0 unspecified atom stereocenters. The molecule has 0 aromatic carbocycles. The van der Waals surface area contributed by atoms with Crippen LogP contribution < -0.4 is 42.0 Å². The molecular weight excluding hydrogens is 189 g/mol. The standard InChI is InChI=1S/2ClH.Na.H3O4P/c;;;1-5(2,3)4/h2*1H;;(H3,1,2,3,4)/q;;+1;/p-1. The van der Waals surface area contributed by atoms with Crippen LogP contribution in [0.1, 0.15) is 0 Å². The van der Waals surface area contributed by atoms with Gasteiger partial charge in [-0.05, 0) is 0 Å². The minimum absolute atomic E-state index is 0. The molecule has 0 amide bonds. The van der Waals surface area contributed by atoms with E-state index in [2.05, 4.69) is 0 Å². The zero-order chi connectivity index (χ0) is 4.50. The molecule has 0 spiro atoms. The van der Waals surface area contributed by atoms with Gasteiger partial charge >= 0.3 is 37.4 Å². The van der Waals surface area contributed by atoms with Crippen molar-refractivity contribution in [2.45, 2.75) is 0 Å². The second-order valence-corrected chi connectivity index (χ2v) is 1.54. The van der Waals surface area contributed by atoms with Gasteiger partial charge in [-0.25, -0.2) is 4.57 Å². The predicted octanol–water partition coefficient (Wildman–Crippen LogP) is -6.50. The molecule has 0 radical (unpaired) electrons. The van der Waals surface area contributed by atoms with Gasteiger partial charge in [0.2, 0.25) is 0 Å². The van der Waals surface area contributed by atoms with Crippen LogP contribution >= 0.6 is 20.2 Å². The van der Waals surface area contributed by atoms with Crippen molar-refractivity contribution in [1.82, 2.24) is 0 Å². The van der Waals surface area contributed by atoms with Gasteiger partial charge in [0.25, 0.3) is 0 Å². The van der Waals surface area contributed by atoms with Crippen molar-refractivity contribution >= 4 is 20.2 Å². The first-order valence-electron chi connectivity index (χ1n) is 0.783. The second kappa shape index (κ2) is 8.69. The van der Waals surface area contributed by atoms with Crippen molar-refractivity contribution in [3.05, 3.63) is 0 Å². The summed E-state index contributed by atoms with van der Waals surface area (Å²) >= 11 is 0. The Balaban J connectivity index is -0.0000000267. The van der Waals surface area contributed by atoms with Gasteiger partial charge in [0, 0.05) is 0 Å². The van der Waals surface area contributed by atoms with Gasteiger partial charge in [0.1, 0.15) is 0 Å². The minimum Gasteiger partial charge on any atom is -1.00 e. The number of phosphoric acid groups is 1. The van der Waals surface area contributed by atoms with E-state index >= 15 is 0 Å². The number of hydrogen-bond donors (Lipinski definition) is 3. The third-order valence-electron chi connectivity index (χ3n) is 0. The van der Waals surface area contributed by atoms with Crippen LogP contribution in [0, 0.1) is 0 Å². The van der Waals surface area contributed by atoms with E-state index in [1.54, 1.807) is 0 Å². The first-order chi connectivity index (χ1) is 2.00. The fourth-order valence-corrected chi connectivity index (χ4v) is 0. The molecule has 4 nitrogen and oxygen atoms in total. The van der Waals surface area contributed by atoms with E-state index in [4.69, 9.17) is 19.2 Å². The number of hydrogen-bond acceptors (Lipinski definition) is 1. The Bertz CT molecular complexity index is 60.2. The summed E-state index contributed by atoms with van der Waals surface area (Å²) in [6.07, 6.45) is 0. The smallest absolute Gasteiger partial charge is 1.00 e. The fourth-order valence-electron chi connectivity index (χ4n) is 0. The van der Waals surface area contributed by atoms with E-state index < -0.39 is 7.82 Å². The quantitative estimate of drug-likeness (QED) is 0.264. The van der Waals surface area contributed by atoms with Crippen molar-refractivity contribution in [2.24, 2.45) is 0 Å². The third-order valence-corrected chi connectivity index (χ3v) is 0. The van der Waals surface area contributed by atoms with E-state index in [0.717, 1.165) is 0 Å². The Labute approximate surface area is 81.0 Å². The average Bonchev–Trinajstić information content (AvgIpc) is 0.722. The maximum absolute atomic E-state index is 8.88. The molecule has 0 aromatic heterocycles. The second-order valence-electron chi connectivity index (χ2n) is 0.513. The summed E-state index contributed by atoms with van der Waals surface area (Å²) in [5, 5.41) is 0. The monoisotopic (exact) mass is 192 g/mol. The average molecular weight is 193 g/mol. The Morgan fingerprint density at radius 2 is 1.12 bits per heavy atom. The van der Waals surface area contributed by atoms with Crippen LogP contribution in [0.5, 0.6) is 0 Å². The number of halogens is 2. The zero-order valence-corrected chi connectivity index (χ0v) is 8.45. The summed E-state index contributed by atoms with van der Waals surface area (Å²) in [6, 6.07) is 0. The maximum Gasteiger partial charge on any atom is 1.00 e. The Morgan fingerprint density at radius 3 is 1.12 bits per heavy atom. The minimum atomic E-state index is -4.64. The van der Waals surface area contributed by atoms with Crippen LogP contribution in [0.15, 0.2) is 0 Å². The van der Waals surface area contributed by atoms with Crippen LogP contribution in [-0.2, 0) is 4.57 Å². The summed E-state index contributed by atoms with van der Waals surface area (Å²) in [5.41, 5.74) is 0. The summed E-state index contributed by atoms with van der Waals surface area (Å²) in [5.74, 6) is 0. The van der Waals surface area contributed by atoms with Crippen LogP contribution in [0.25, 0.3) is 0 Å². The molecule has 3 N–H and O–H groups in total. The van der Waals surface area contributed by atoms with Crippen LogP contribution in [-0.4, -0.2) is 14.7 Å². The molecule has 0 fully saturated rings. The SMILES string of the molecule is Cl.O=P(O)(O)O.[Cl-].[Na+]. The van der Waals surface area contributed by atoms with Gasteiger partial charge in [-0.3, -0.25) is 0 Å². The third kappa shape index (κ3) is 121. The Morgan fingerprint density at radius 1 is 1.12 bits per heavy atom. The van der Waals surface area contributed by atoms with Crippen molar-refractivity contribution in [2.75, 3.05) is 0 Å². The van der Waals surface area contributed by atoms with E-state index in [1.165, 1.54) is 0 Å². The maximum atomic E-state index is 8.88. The normalized spacial score (nSPS) is 7.38. The summed E-state index contributed by atoms with van der Waals surface area (Å²) in [6.45, 7) is 0. The molecule has 48 valence electrons. The van der Waals surface area contributed by atoms with E-state index in [0.29, 0.717) is 0 Å². The van der Waals surface area contributed by atoms with Crippen molar-refractivity contribution < 1.29 is 61.2 Å². The van der Waals surface area contributed by atoms with Crippen molar-refractivity contribution in [3.8, 4) is 0 Å². The predicted molar refractivity (Wildman–Crippen MR) is 21.5 cm³/mol. The molecule has 0 saturated carbocycles. The fraction of sp³-hybridized carbons (Fsp3) is 0. The van der Waals surface area contributed by atoms with Crippen molar-refractivity contribution in [3.63, 3.8) is 0 Å². The van der Waals surface area contributed by atoms with Crippen LogP contribution in [0.4, 0.5) is 0 Å². The number of rotatable bonds is 0. The summed E-state index contributed by atoms with van der Waals surface area (Å²) < 4.78 is 8.88. The molecular formula is H4Cl2NaO4P. The van der Waals surface area contributed by atoms with Gasteiger partial charge in [-0.1, -0.05) is 0 Å². The van der Waals surface area contributed by atoms with E-state index in [9.17, 15) is 0 Å². The topological polar surface area (TPSA) is 77.8 Å². The molecule has 0 saturated heterocycles. The van der Waals surface area contributed by atoms with Gasteiger partial charge in [0.15, 0.2) is 0 Å². The summed E-state index contributed by atoms with van der Waals surface area (Å²) in [4.78, 5) is 21.6. The van der Waals surface area contributed by atoms with Crippen LogP contribution in [0.2, 0.25) is 0 Å². The molecule has 8 heteroatoms. The molecule has 0 aliphatic carbocycles. The van der Waals surface area contributed by atoms with Gasteiger partial charge in [0.05, 0.1) is 0 Å². The Hall–Kier alpha value is 1.69. The molecule has 0 aliphatic heterocycles. The van der Waals surface area contributed by atoms with Gasteiger partial charge in [-0.2, -0.15) is 0 Å². The van der Waals surface area contributed by atoms with Crippen molar-refractivity contribution in [1.29, 1.82) is 0 Å². The van der Waals surface area contributed by atoms with E-state index in [-0.39, 0.29) is 54.4 Å². The summed E-state index contributed by atoms with van der Waals surface area (Å²) in [7, 11) is -4.64. The molecule has 8 heavy (non-hydrogen) atoms. The van der Waals surface area contributed by atoms with Crippen LogP contribution in [0.3, 0.4) is 0 Å². The first kappa shape index (κ1) is 22.6. The van der Waals surface area contributed by atoms with Gasteiger partial charge < -0.3 is 27.1 Å². The molecule has 0 heterocycles. The first-order valence-corrected chi connectivity index (χ1v) is 2.35. The largest absolute Gasteiger partial charge is 1.00 e. The molecule has 0 bridgehead atoms. The van der Waals surface area contributed by atoms with Gasteiger partial charge in [-0.15, -0.1) is 12.4 Å². The molecule has 0 aliphatic rings. The van der Waals surface area contributed by atoms with E-state index in [1.807, 2.05) is 0 Å². The zero-order valence-electron chi connectivity index (χ0n) is 3.98. The molecule has 0 atom stereocenters. The molecule has 0 aromatic rings.